The molecule has 0 radical (unpaired) electrons. The molecule has 0 amide bonds. The van der Waals surface area contributed by atoms with E-state index in [2.05, 4.69) is 257 Å². The Balaban J connectivity index is 1.04. The van der Waals surface area contributed by atoms with Gasteiger partial charge in [-0.05, 0) is 195 Å². The van der Waals surface area contributed by atoms with Gasteiger partial charge in [-0.1, -0.05) is 169 Å². The van der Waals surface area contributed by atoms with Crippen LogP contribution >= 0.6 is 0 Å². The zero-order valence-corrected chi connectivity index (χ0v) is 49.9. The zero-order valence-electron chi connectivity index (χ0n) is 49.9. The number of fused-ring (bicyclic) bond motifs is 13. The second-order valence-electron chi connectivity index (χ2n) is 29.2. The first-order chi connectivity index (χ1) is 37.9. The second kappa shape index (κ2) is 16.1. The standard InChI is InChI=1S/C75H78BN3O/c1-45-37-64-68-65(38-45)78(48-26-29-52-55(41-48)71(7,8)36-35-70(52,5)6)62-42-49(79-61-31-25-46(69(2,3)4)39-58(61)74(13)33-19-20-34-75(74,79)14)27-30-59(62)76(68)60-43-56-57(73(11,12)54-23-17-16-22-53(54)72(56,9)10)44-63(60)77(64)47-28-32-67-51(40-47)50-21-15-18-24-66(50)80-67/h15-18,21-32,37-44H,19-20,33-36H2,1-14H3. The van der Waals surface area contributed by atoms with Gasteiger partial charge in [0.25, 0.3) is 6.71 Å². The molecule has 0 bridgehead atoms. The van der Waals surface area contributed by atoms with Crippen LogP contribution in [0.4, 0.5) is 45.5 Å². The normalized spacial score (nSPS) is 22.2. The number of nitrogens with zero attached hydrogens (tertiary/aromatic N) is 3. The van der Waals surface area contributed by atoms with Crippen molar-refractivity contribution in [3.8, 4) is 0 Å². The van der Waals surface area contributed by atoms with Crippen LogP contribution in [0.25, 0.3) is 21.9 Å². The molecule has 4 nitrogen and oxygen atoms in total. The molecular formula is C75H78BN3O. The lowest BCUT2D eigenvalue weighted by molar-refractivity contribution is 0.195. The molecule has 3 aliphatic heterocycles. The van der Waals surface area contributed by atoms with Gasteiger partial charge in [0, 0.05) is 72.5 Å². The molecule has 9 aromatic rings. The van der Waals surface area contributed by atoms with Gasteiger partial charge < -0.3 is 19.1 Å². The minimum Gasteiger partial charge on any atom is -0.456 e. The van der Waals surface area contributed by atoms with Crippen LogP contribution in [0.3, 0.4) is 0 Å². The van der Waals surface area contributed by atoms with Gasteiger partial charge in [-0.25, -0.2) is 0 Å². The highest BCUT2D eigenvalue weighted by atomic mass is 16.3. The fourth-order valence-corrected chi connectivity index (χ4v) is 16.9. The molecule has 2 atom stereocenters. The number of hydrogen-bond donors (Lipinski definition) is 0. The predicted molar refractivity (Wildman–Crippen MR) is 340 cm³/mol. The SMILES string of the molecule is Cc1cc2c3c(c1)N(c1ccc4oc5ccccc5c4c1)c1cc4c(cc1B3c1ccc(N3c5ccc(C(C)(C)C)cc5C5(C)CCCCC35C)cc1N2c1ccc2c(c1)C(C)(C)CCC2(C)C)C(C)(C)c1ccccc1C4(C)C. The molecule has 8 aromatic carbocycles. The topological polar surface area (TPSA) is 22.9 Å². The lowest BCUT2D eigenvalue weighted by atomic mass is 9.33. The zero-order chi connectivity index (χ0) is 55.6. The van der Waals surface area contributed by atoms with Crippen molar-refractivity contribution in [3.05, 3.63) is 196 Å². The van der Waals surface area contributed by atoms with E-state index in [-0.39, 0.29) is 44.7 Å². The maximum atomic E-state index is 6.54. The van der Waals surface area contributed by atoms with E-state index in [0.717, 1.165) is 40.5 Å². The monoisotopic (exact) mass is 1050 g/mol. The smallest absolute Gasteiger partial charge is 0.252 e. The largest absolute Gasteiger partial charge is 0.456 e. The van der Waals surface area contributed by atoms with Crippen molar-refractivity contribution in [2.45, 2.75) is 173 Å². The Kier molecular flexibility index (Phi) is 10.1. The first-order valence-electron chi connectivity index (χ1n) is 30.1. The van der Waals surface area contributed by atoms with Crippen LogP contribution in [0, 0.1) is 6.92 Å². The Hall–Kier alpha value is -6.98. The first-order valence-corrected chi connectivity index (χ1v) is 30.1. The average Bonchev–Trinajstić information content (AvgIpc) is 3.94. The summed E-state index contributed by atoms with van der Waals surface area (Å²) in [5, 5.41) is 2.28. The van der Waals surface area contributed by atoms with Crippen LogP contribution in [0.15, 0.2) is 150 Å². The minimum absolute atomic E-state index is 0.00272. The molecule has 1 aromatic heterocycles. The van der Waals surface area contributed by atoms with Crippen molar-refractivity contribution >= 4 is 90.5 Å². The summed E-state index contributed by atoms with van der Waals surface area (Å²) in [7, 11) is 0. The summed E-state index contributed by atoms with van der Waals surface area (Å²) < 4.78 is 6.54. The number of rotatable bonds is 3. The summed E-state index contributed by atoms with van der Waals surface area (Å²) in [6.07, 6.45) is 7.17. The Morgan fingerprint density at radius 3 is 1.75 bits per heavy atom. The third-order valence-electron chi connectivity index (χ3n) is 21.9. The minimum atomic E-state index is -0.237. The highest BCUT2D eigenvalue weighted by Gasteiger charge is 2.58. The Bertz CT molecular complexity index is 4160. The van der Waals surface area contributed by atoms with Gasteiger partial charge in [-0.3, -0.25) is 0 Å². The first kappa shape index (κ1) is 50.0. The van der Waals surface area contributed by atoms with Crippen molar-refractivity contribution in [2.75, 3.05) is 14.7 Å². The van der Waals surface area contributed by atoms with Crippen molar-refractivity contribution in [1.82, 2.24) is 0 Å². The van der Waals surface area contributed by atoms with Gasteiger partial charge in [0.15, 0.2) is 0 Å². The molecule has 2 unspecified atom stereocenters. The number of benzene rings is 8. The summed E-state index contributed by atoms with van der Waals surface area (Å²) in [6, 6.07) is 57.8. The van der Waals surface area contributed by atoms with E-state index in [4.69, 9.17) is 4.42 Å². The van der Waals surface area contributed by atoms with Gasteiger partial charge in [0.1, 0.15) is 11.2 Å². The molecule has 15 rings (SSSR count). The predicted octanol–water partition coefficient (Wildman–Crippen LogP) is 18.3. The van der Waals surface area contributed by atoms with Crippen LogP contribution in [0.1, 0.15) is 179 Å². The average molecular weight is 1050 g/mol. The van der Waals surface area contributed by atoms with Gasteiger partial charge in [0.05, 0.1) is 5.54 Å². The third kappa shape index (κ3) is 6.58. The van der Waals surface area contributed by atoms with E-state index in [0.29, 0.717) is 0 Å². The highest BCUT2D eigenvalue weighted by Crippen LogP contribution is 2.62. The summed E-state index contributed by atoms with van der Waals surface area (Å²) >= 11 is 0. The lowest BCUT2D eigenvalue weighted by Gasteiger charge is -2.51. The lowest BCUT2D eigenvalue weighted by Crippen LogP contribution is -2.62. The van der Waals surface area contributed by atoms with E-state index in [9.17, 15) is 0 Å². The summed E-state index contributed by atoms with van der Waals surface area (Å²) in [5.74, 6) is 0. The van der Waals surface area contributed by atoms with Crippen LogP contribution in [-0.2, 0) is 32.5 Å². The van der Waals surface area contributed by atoms with Crippen LogP contribution in [0.2, 0.25) is 0 Å². The third-order valence-corrected chi connectivity index (χ3v) is 21.9. The Morgan fingerprint density at radius 1 is 0.438 bits per heavy atom. The molecule has 0 N–H and O–H groups in total. The highest BCUT2D eigenvalue weighted by molar-refractivity contribution is 7.00. The van der Waals surface area contributed by atoms with Gasteiger partial charge >= 0.3 is 0 Å². The molecule has 0 spiro atoms. The molecule has 6 aliphatic rings. The maximum absolute atomic E-state index is 6.54. The fourth-order valence-electron chi connectivity index (χ4n) is 16.9. The maximum Gasteiger partial charge on any atom is 0.252 e. The van der Waals surface area contributed by atoms with Crippen LogP contribution in [0.5, 0.6) is 0 Å². The number of para-hydroxylation sites is 1. The van der Waals surface area contributed by atoms with Gasteiger partial charge in [-0.15, -0.1) is 0 Å². The van der Waals surface area contributed by atoms with Gasteiger partial charge in [0.2, 0.25) is 0 Å². The quantitative estimate of drug-likeness (QED) is 0.165. The van der Waals surface area contributed by atoms with Crippen molar-refractivity contribution in [3.63, 3.8) is 0 Å². The fraction of sp³-hybridized carbons (Fsp3) is 0.360. The summed E-state index contributed by atoms with van der Waals surface area (Å²) in [4.78, 5) is 8.15. The molecular weight excluding hydrogens is 970 g/mol. The molecule has 4 heterocycles. The molecule has 0 saturated heterocycles. The summed E-state index contributed by atoms with van der Waals surface area (Å²) in [5.41, 5.74) is 28.4. The summed E-state index contributed by atoms with van der Waals surface area (Å²) in [6.45, 7) is 34.3. The number of furan rings is 1. The molecule has 80 heavy (non-hydrogen) atoms. The molecule has 5 heteroatoms. The van der Waals surface area contributed by atoms with E-state index in [1.54, 1.807) is 0 Å². The van der Waals surface area contributed by atoms with Gasteiger partial charge in [-0.2, -0.15) is 0 Å². The van der Waals surface area contributed by atoms with Crippen molar-refractivity contribution in [2.24, 2.45) is 0 Å². The number of hydrogen-bond acceptors (Lipinski definition) is 4. The van der Waals surface area contributed by atoms with E-state index in [1.165, 1.54) is 132 Å². The van der Waals surface area contributed by atoms with Crippen molar-refractivity contribution in [1.29, 1.82) is 0 Å². The van der Waals surface area contributed by atoms with Crippen molar-refractivity contribution < 1.29 is 4.42 Å². The van der Waals surface area contributed by atoms with Crippen LogP contribution in [-0.4, -0.2) is 12.3 Å². The molecule has 1 fully saturated rings. The van der Waals surface area contributed by atoms with Crippen LogP contribution < -0.4 is 31.1 Å². The molecule has 1 saturated carbocycles. The number of anilines is 8. The molecule has 3 aliphatic carbocycles. The van der Waals surface area contributed by atoms with E-state index in [1.807, 2.05) is 0 Å². The Labute approximate surface area is 476 Å². The molecule has 402 valence electrons. The Morgan fingerprint density at radius 2 is 1.04 bits per heavy atom. The van der Waals surface area contributed by atoms with E-state index >= 15 is 0 Å². The second-order valence-corrected chi connectivity index (χ2v) is 29.2. The number of aryl methyl sites for hydroxylation is 1. The van der Waals surface area contributed by atoms with E-state index < -0.39 is 0 Å².